The third kappa shape index (κ3) is 1.61. The molecule has 2 aromatic rings. The summed E-state index contributed by atoms with van der Waals surface area (Å²) < 4.78 is 7.23. The summed E-state index contributed by atoms with van der Waals surface area (Å²) in [6.45, 7) is 3.90. The zero-order valence-corrected chi connectivity index (χ0v) is 10.0. The van der Waals surface area contributed by atoms with Crippen LogP contribution in [0.25, 0.3) is 5.69 Å². The van der Waals surface area contributed by atoms with E-state index in [1.54, 1.807) is 7.11 Å². The SMILES string of the molecule is COc1cccc(-n2nc3c(c2C)CNC3)c1. The van der Waals surface area contributed by atoms with Gasteiger partial charge in [0.1, 0.15) is 5.75 Å². The van der Waals surface area contributed by atoms with E-state index >= 15 is 0 Å². The molecule has 0 bridgehead atoms. The Morgan fingerprint density at radius 1 is 1.35 bits per heavy atom. The van der Waals surface area contributed by atoms with E-state index in [4.69, 9.17) is 4.74 Å². The lowest BCUT2D eigenvalue weighted by atomic mass is 10.2. The maximum absolute atomic E-state index is 5.24. The summed E-state index contributed by atoms with van der Waals surface area (Å²) in [6.07, 6.45) is 0. The summed E-state index contributed by atoms with van der Waals surface area (Å²) in [5, 5.41) is 7.94. The van der Waals surface area contributed by atoms with Gasteiger partial charge >= 0.3 is 0 Å². The molecule has 0 spiro atoms. The second-order valence-corrected chi connectivity index (χ2v) is 4.23. The van der Waals surface area contributed by atoms with Gasteiger partial charge in [0.05, 0.1) is 18.5 Å². The van der Waals surface area contributed by atoms with Crippen molar-refractivity contribution in [1.29, 1.82) is 0 Å². The molecule has 1 aliphatic heterocycles. The van der Waals surface area contributed by atoms with Crippen molar-refractivity contribution in [2.24, 2.45) is 0 Å². The van der Waals surface area contributed by atoms with Crippen LogP contribution in [-0.4, -0.2) is 16.9 Å². The Labute approximate surface area is 100 Å². The quantitative estimate of drug-likeness (QED) is 0.853. The van der Waals surface area contributed by atoms with Gasteiger partial charge in [-0.25, -0.2) is 4.68 Å². The fraction of sp³-hybridized carbons (Fsp3) is 0.308. The molecule has 2 heterocycles. The molecule has 0 amide bonds. The van der Waals surface area contributed by atoms with Crippen molar-refractivity contribution in [2.75, 3.05) is 7.11 Å². The first-order chi connectivity index (χ1) is 8.29. The van der Waals surface area contributed by atoms with Crippen LogP contribution in [0.15, 0.2) is 24.3 Å². The van der Waals surface area contributed by atoms with Gasteiger partial charge in [0.25, 0.3) is 0 Å². The Morgan fingerprint density at radius 3 is 3.00 bits per heavy atom. The smallest absolute Gasteiger partial charge is 0.121 e. The first kappa shape index (κ1) is 10.4. The molecular formula is C13H15N3O. The predicted octanol–water partition coefficient (Wildman–Crippen LogP) is 1.79. The van der Waals surface area contributed by atoms with E-state index in [0.29, 0.717) is 0 Å². The van der Waals surface area contributed by atoms with Crippen molar-refractivity contribution in [2.45, 2.75) is 20.0 Å². The van der Waals surface area contributed by atoms with Crippen LogP contribution in [0, 0.1) is 6.92 Å². The maximum atomic E-state index is 5.24. The molecule has 0 aliphatic carbocycles. The van der Waals surface area contributed by atoms with Crippen LogP contribution in [-0.2, 0) is 13.1 Å². The average molecular weight is 229 g/mol. The molecule has 3 rings (SSSR count). The highest BCUT2D eigenvalue weighted by Gasteiger charge is 2.19. The molecule has 0 unspecified atom stereocenters. The Bertz CT molecular complexity index is 560. The highest BCUT2D eigenvalue weighted by Crippen LogP contribution is 2.23. The predicted molar refractivity (Wildman–Crippen MR) is 65.4 cm³/mol. The van der Waals surface area contributed by atoms with Crippen LogP contribution in [0.3, 0.4) is 0 Å². The third-order valence-electron chi connectivity index (χ3n) is 3.22. The van der Waals surface area contributed by atoms with Crippen molar-refractivity contribution in [1.82, 2.24) is 15.1 Å². The topological polar surface area (TPSA) is 39.1 Å². The van der Waals surface area contributed by atoms with E-state index < -0.39 is 0 Å². The largest absolute Gasteiger partial charge is 0.497 e. The molecule has 1 aromatic heterocycles. The van der Waals surface area contributed by atoms with Gasteiger partial charge in [-0.3, -0.25) is 0 Å². The number of rotatable bonds is 2. The van der Waals surface area contributed by atoms with Gasteiger partial charge in [0, 0.05) is 30.4 Å². The number of aromatic nitrogens is 2. The fourth-order valence-corrected chi connectivity index (χ4v) is 2.26. The molecule has 88 valence electrons. The molecule has 17 heavy (non-hydrogen) atoms. The Hall–Kier alpha value is -1.81. The standard InChI is InChI=1S/C13H15N3O/c1-9-12-7-14-8-13(12)15-16(9)10-4-3-5-11(6-10)17-2/h3-6,14H,7-8H2,1-2H3. The molecule has 0 saturated heterocycles. The van der Waals surface area contributed by atoms with Crippen LogP contribution < -0.4 is 10.1 Å². The maximum Gasteiger partial charge on any atom is 0.121 e. The number of hydrogen-bond donors (Lipinski definition) is 1. The Balaban J connectivity index is 2.09. The third-order valence-corrected chi connectivity index (χ3v) is 3.22. The monoisotopic (exact) mass is 229 g/mol. The molecule has 0 fully saturated rings. The number of nitrogens with zero attached hydrogens (tertiary/aromatic N) is 2. The van der Waals surface area contributed by atoms with Gasteiger partial charge in [-0.15, -0.1) is 0 Å². The van der Waals surface area contributed by atoms with Gasteiger partial charge < -0.3 is 10.1 Å². The minimum absolute atomic E-state index is 0.857. The fourth-order valence-electron chi connectivity index (χ4n) is 2.26. The Kier molecular flexibility index (Phi) is 2.37. The highest BCUT2D eigenvalue weighted by atomic mass is 16.5. The van der Waals surface area contributed by atoms with Crippen LogP contribution in [0.4, 0.5) is 0 Å². The van der Waals surface area contributed by atoms with Crippen molar-refractivity contribution in [3.63, 3.8) is 0 Å². The number of fused-ring (bicyclic) bond motifs is 1. The first-order valence-electron chi connectivity index (χ1n) is 5.72. The zero-order valence-electron chi connectivity index (χ0n) is 10.0. The van der Waals surface area contributed by atoms with Gasteiger partial charge in [-0.2, -0.15) is 5.10 Å². The van der Waals surface area contributed by atoms with Crippen LogP contribution in [0.5, 0.6) is 5.75 Å². The molecule has 1 N–H and O–H groups in total. The lowest BCUT2D eigenvalue weighted by Crippen LogP contribution is -2.07. The highest BCUT2D eigenvalue weighted by molar-refractivity contribution is 5.42. The molecule has 0 saturated carbocycles. The zero-order chi connectivity index (χ0) is 11.8. The molecular weight excluding hydrogens is 214 g/mol. The number of methoxy groups -OCH3 is 1. The minimum atomic E-state index is 0.857. The van der Waals surface area contributed by atoms with E-state index in [0.717, 1.165) is 30.2 Å². The first-order valence-corrected chi connectivity index (χ1v) is 5.72. The van der Waals surface area contributed by atoms with Crippen LogP contribution in [0.1, 0.15) is 17.0 Å². The van der Waals surface area contributed by atoms with E-state index in [2.05, 4.69) is 17.3 Å². The molecule has 4 nitrogen and oxygen atoms in total. The van der Waals surface area contributed by atoms with E-state index in [9.17, 15) is 0 Å². The molecule has 4 heteroatoms. The average Bonchev–Trinajstić information content (AvgIpc) is 2.93. The summed E-state index contributed by atoms with van der Waals surface area (Å²) in [7, 11) is 1.68. The number of nitrogens with one attached hydrogen (secondary N) is 1. The lowest BCUT2D eigenvalue weighted by Gasteiger charge is -2.07. The summed E-state index contributed by atoms with van der Waals surface area (Å²) >= 11 is 0. The Morgan fingerprint density at radius 2 is 2.24 bits per heavy atom. The second kappa shape index (κ2) is 3.89. The number of hydrogen-bond acceptors (Lipinski definition) is 3. The van der Waals surface area contributed by atoms with Gasteiger partial charge in [0.15, 0.2) is 0 Å². The van der Waals surface area contributed by atoms with Gasteiger partial charge in [-0.05, 0) is 19.1 Å². The van der Waals surface area contributed by atoms with E-state index in [-0.39, 0.29) is 0 Å². The second-order valence-electron chi connectivity index (χ2n) is 4.23. The molecule has 1 aliphatic rings. The van der Waals surface area contributed by atoms with Gasteiger partial charge in [-0.1, -0.05) is 6.07 Å². The summed E-state index contributed by atoms with van der Waals surface area (Å²) in [4.78, 5) is 0. The van der Waals surface area contributed by atoms with E-state index in [1.807, 2.05) is 28.9 Å². The lowest BCUT2D eigenvalue weighted by molar-refractivity contribution is 0.414. The van der Waals surface area contributed by atoms with Crippen LogP contribution >= 0.6 is 0 Å². The normalized spacial score (nSPS) is 13.8. The van der Waals surface area contributed by atoms with Gasteiger partial charge in [0.2, 0.25) is 0 Å². The van der Waals surface area contributed by atoms with E-state index in [1.165, 1.54) is 11.3 Å². The van der Waals surface area contributed by atoms with Crippen molar-refractivity contribution < 1.29 is 4.74 Å². The number of benzene rings is 1. The summed E-state index contributed by atoms with van der Waals surface area (Å²) in [6, 6.07) is 7.98. The van der Waals surface area contributed by atoms with Crippen molar-refractivity contribution in [3.05, 3.63) is 41.2 Å². The van der Waals surface area contributed by atoms with Crippen LogP contribution in [0.2, 0.25) is 0 Å². The minimum Gasteiger partial charge on any atom is -0.497 e. The summed E-state index contributed by atoms with van der Waals surface area (Å²) in [5.74, 6) is 0.857. The molecule has 0 radical (unpaired) electrons. The molecule has 1 aromatic carbocycles. The number of ether oxygens (including phenoxy) is 1. The molecule has 0 atom stereocenters. The van der Waals surface area contributed by atoms with Crippen molar-refractivity contribution in [3.8, 4) is 11.4 Å². The summed E-state index contributed by atoms with van der Waals surface area (Å²) in [5.41, 5.74) is 4.74. The van der Waals surface area contributed by atoms with Crippen molar-refractivity contribution >= 4 is 0 Å².